The van der Waals surface area contributed by atoms with Crippen molar-refractivity contribution in [1.82, 2.24) is 33.9 Å². The van der Waals surface area contributed by atoms with Crippen molar-refractivity contribution in [1.29, 1.82) is 0 Å². The number of rotatable bonds is 9. The summed E-state index contributed by atoms with van der Waals surface area (Å²) in [7, 11) is -3.27. The van der Waals surface area contributed by atoms with Crippen molar-refractivity contribution in [2.24, 2.45) is 0 Å². The number of fused-ring (bicyclic) bond motifs is 7. The molecule has 8 nitrogen and oxygen atoms in total. The monoisotopic (exact) mass is 829 g/mol. The van der Waals surface area contributed by atoms with E-state index in [9.17, 15) is 0 Å². The Labute approximate surface area is 364 Å². The molecule has 0 bridgehead atoms. The molecule has 0 N–H and O–H groups in total. The molecule has 12 rings (SSSR count). The highest BCUT2D eigenvalue weighted by atomic mass is 28.3. The van der Waals surface area contributed by atoms with E-state index in [1.807, 2.05) is 24.5 Å². The highest BCUT2D eigenvalue weighted by Gasteiger charge is 2.49. The molecule has 7 aromatic carbocycles. The second-order valence-corrected chi connectivity index (χ2v) is 20.0. The van der Waals surface area contributed by atoms with Gasteiger partial charge in [0.2, 0.25) is 5.78 Å². The minimum atomic E-state index is -3.27. The van der Waals surface area contributed by atoms with Crippen LogP contribution in [0.5, 0.6) is 11.5 Å². The summed E-state index contributed by atoms with van der Waals surface area (Å²) >= 11 is 0. The number of aromatic nitrogens is 7. The van der Waals surface area contributed by atoms with E-state index in [-0.39, 0.29) is 0 Å². The van der Waals surface area contributed by atoms with E-state index >= 15 is 0 Å². The number of para-hydroxylation sites is 6. The standard InChI is InChI=1S/C54H39N7OSi/c1-3-16-41(17-4-1)63(42-18-5-2-6-19-42,43-20-13-15-40(33-43)60-48-25-10-11-26-49(48)61-47-24-9-8-23-46(47)59-53(60)61)51-28-14-22-45-52(51)62-50-27-12-7-21-44(50)54(45,34-38-29-31-55-36-57-38)35-39-30-32-56-37-58-39/h1-33,36-37H,34-35H2. The van der Waals surface area contributed by atoms with E-state index < -0.39 is 13.5 Å². The third kappa shape index (κ3) is 5.77. The Balaban J connectivity index is 1.17. The summed E-state index contributed by atoms with van der Waals surface area (Å²) in [4.78, 5) is 23.5. The summed E-state index contributed by atoms with van der Waals surface area (Å²) in [6.07, 6.45) is 8.14. The van der Waals surface area contributed by atoms with Gasteiger partial charge in [0.25, 0.3) is 0 Å². The van der Waals surface area contributed by atoms with Gasteiger partial charge in [-0.15, -0.1) is 0 Å². The van der Waals surface area contributed by atoms with E-state index in [0.29, 0.717) is 12.8 Å². The molecule has 5 heterocycles. The predicted molar refractivity (Wildman–Crippen MR) is 252 cm³/mol. The molecule has 0 saturated carbocycles. The molecule has 11 aromatic rings. The molecule has 0 atom stereocenters. The van der Waals surface area contributed by atoms with Crippen molar-refractivity contribution in [2.45, 2.75) is 18.3 Å². The van der Waals surface area contributed by atoms with Crippen molar-refractivity contribution in [2.75, 3.05) is 0 Å². The summed E-state index contributed by atoms with van der Waals surface area (Å²) in [5.41, 5.74) is 8.72. The van der Waals surface area contributed by atoms with Gasteiger partial charge in [0.05, 0.1) is 22.1 Å². The number of hydrogen-bond acceptors (Lipinski definition) is 6. The first-order valence-corrected chi connectivity index (χ1v) is 23.2. The molecule has 0 radical (unpaired) electrons. The van der Waals surface area contributed by atoms with E-state index in [1.54, 1.807) is 12.7 Å². The molecule has 0 unspecified atom stereocenters. The van der Waals surface area contributed by atoms with E-state index in [2.05, 4.69) is 195 Å². The molecule has 0 spiro atoms. The number of benzene rings is 7. The zero-order chi connectivity index (χ0) is 41.8. The van der Waals surface area contributed by atoms with Gasteiger partial charge in [-0.3, -0.25) is 8.97 Å². The van der Waals surface area contributed by atoms with Gasteiger partial charge in [-0.05, 0) is 75.3 Å². The Morgan fingerprint density at radius 2 is 1.10 bits per heavy atom. The minimum absolute atomic E-state index is 0.604. The van der Waals surface area contributed by atoms with Gasteiger partial charge >= 0.3 is 0 Å². The third-order valence-electron chi connectivity index (χ3n) is 12.9. The van der Waals surface area contributed by atoms with Crippen LogP contribution < -0.4 is 25.5 Å². The van der Waals surface area contributed by atoms with Crippen LogP contribution in [0, 0.1) is 0 Å². The van der Waals surface area contributed by atoms with Crippen molar-refractivity contribution in [3.05, 3.63) is 236 Å². The molecule has 4 aromatic heterocycles. The zero-order valence-corrected chi connectivity index (χ0v) is 35.2. The SMILES string of the molecule is c1ccc([Si](c2ccccc2)(c2cccc(-n3c4ccccc4n4c5ccccc5nc34)c2)c2cccc3c2Oc2ccccc2C3(Cc2ccncn2)Cc2ccncn2)cc1. The quantitative estimate of drug-likeness (QED) is 0.108. The zero-order valence-electron chi connectivity index (χ0n) is 34.2. The van der Waals surface area contributed by atoms with Gasteiger partial charge in [0, 0.05) is 58.9 Å². The smallest absolute Gasteiger partial charge is 0.220 e. The summed E-state index contributed by atoms with van der Waals surface area (Å²) in [5.74, 6) is 2.57. The van der Waals surface area contributed by atoms with Crippen LogP contribution in [0.4, 0.5) is 0 Å². The minimum Gasteiger partial charge on any atom is -0.457 e. The van der Waals surface area contributed by atoms with Crippen LogP contribution >= 0.6 is 0 Å². The fourth-order valence-electron chi connectivity index (χ4n) is 10.3. The molecule has 0 amide bonds. The normalized spacial score (nSPS) is 13.1. The first kappa shape index (κ1) is 36.8. The molecule has 63 heavy (non-hydrogen) atoms. The Morgan fingerprint density at radius 3 is 1.79 bits per heavy atom. The molecule has 0 aliphatic carbocycles. The summed E-state index contributed by atoms with van der Waals surface area (Å²) in [6, 6.07) is 67.6. The van der Waals surface area contributed by atoms with Crippen molar-refractivity contribution in [3.8, 4) is 17.2 Å². The van der Waals surface area contributed by atoms with E-state index in [1.165, 1.54) is 15.6 Å². The van der Waals surface area contributed by atoms with Crippen LogP contribution in [0.25, 0.3) is 33.5 Å². The summed E-state index contributed by atoms with van der Waals surface area (Å²) in [6.45, 7) is 0. The van der Waals surface area contributed by atoms with Crippen LogP contribution in [-0.2, 0) is 18.3 Å². The van der Waals surface area contributed by atoms with Gasteiger partial charge in [-0.25, -0.2) is 24.9 Å². The van der Waals surface area contributed by atoms with Gasteiger partial charge in [-0.1, -0.05) is 133 Å². The van der Waals surface area contributed by atoms with Crippen LogP contribution in [0.1, 0.15) is 22.5 Å². The molecule has 1 aliphatic rings. The average molecular weight is 830 g/mol. The average Bonchev–Trinajstić information content (AvgIpc) is 3.88. The van der Waals surface area contributed by atoms with Crippen LogP contribution in [0.3, 0.4) is 0 Å². The van der Waals surface area contributed by atoms with Crippen molar-refractivity contribution < 1.29 is 4.74 Å². The maximum atomic E-state index is 7.41. The first-order valence-electron chi connectivity index (χ1n) is 21.2. The molecular formula is C54H39N7OSi. The Hall–Kier alpha value is -8.01. The van der Waals surface area contributed by atoms with Gasteiger partial charge in [0.1, 0.15) is 24.2 Å². The number of nitrogens with zero attached hydrogens (tertiary/aromatic N) is 7. The predicted octanol–water partition coefficient (Wildman–Crippen LogP) is 8.27. The lowest BCUT2D eigenvalue weighted by Gasteiger charge is -2.43. The fraction of sp³-hybridized carbons (Fsp3) is 0.0556. The maximum Gasteiger partial charge on any atom is 0.220 e. The first-order chi connectivity index (χ1) is 31.2. The molecule has 9 heteroatoms. The lowest BCUT2D eigenvalue weighted by molar-refractivity contribution is 0.384. The topological polar surface area (TPSA) is 83.0 Å². The second-order valence-electron chi connectivity index (χ2n) is 16.2. The molecule has 1 aliphatic heterocycles. The number of hydrogen-bond donors (Lipinski definition) is 0. The lowest BCUT2D eigenvalue weighted by Crippen LogP contribution is -2.75. The van der Waals surface area contributed by atoms with Crippen LogP contribution in [0.2, 0.25) is 0 Å². The molecule has 0 fully saturated rings. The molecular weight excluding hydrogens is 791 g/mol. The Bertz CT molecular complexity index is 3370. The second kappa shape index (κ2) is 14.9. The van der Waals surface area contributed by atoms with Gasteiger partial charge in [-0.2, -0.15) is 0 Å². The van der Waals surface area contributed by atoms with Crippen LogP contribution in [-0.4, -0.2) is 42.0 Å². The Morgan fingerprint density at radius 1 is 0.508 bits per heavy atom. The van der Waals surface area contributed by atoms with Gasteiger partial charge in [0.15, 0.2) is 8.07 Å². The molecule has 0 saturated heterocycles. The third-order valence-corrected chi connectivity index (χ3v) is 17.6. The van der Waals surface area contributed by atoms with E-state index in [4.69, 9.17) is 19.7 Å². The van der Waals surface area contributed by atoms with Crippen LogP contribution in [0.15, 0.2) is 213 Å². The van der Waals surface area contributed by atoms with E-state index in [0.717, 1.165) is 72.7 Å². The Kier molecular flexibility index (Phi) is 8.68. The lowest BCUT2D eigenvalue weighted by atomic mass is 9.66. The molecule has 300 valence electrons. The maximum absolute atomic E-state index is 7.41. The van der Waals surface area contributed by atoms with Gasteiger partial charge < -0.3 is 4.74 Å². The highest BCUT2D eigenvalue weighted by molar-refractivity contribution is 7.20. The van der Waals surface area contributed by atoms with Crippen molar-refractivity contribution in [3.63, 3.8) is 0 Å². The highest BCUT2D eigenvalue weighted by Crippen LogP contribution is 2.51. The summed E-state index contributed by atoms with van der Waals surface area (Å²) < 4.78 is 12.0. The largest absolute Gasteiger partial charge is 0.457 e. The number of imidazole rings is 2. The number of ether oxygens (including phenoxy) is 1. The fourth-order valence-corrected chi connectivity index (χ4v) is 15.2. The summed E-state index contributed by atoms with van der Waals surface area (Å²) in [5, 5.41) is 4.87. The van der Waals surface area contributed by atoms with Crippen molar-refractivity contribution >= 4 is 56.7 Å².